The van der Waals surface area contributed by atoms with Crippen molar-refractivity contribution < 1.29 is 9.90 Å². The zero-order chi connectivity index (χ0) is 16.8. The van der Waals surface area contributed by atoms with Gasteiger partial charge in [-0.1, -0.05) is 30.3 Å². The standard InChI is InChI=1S/C19H23N3O2/c23-17(24)19(10-4-9-16-7-2-1-3-8-16)11-5-14-22(15-19)18-20-12-6-13-21-18/h1-3,6-8,12-13H,4-5,9-11,14-15H2,(H,23,24)/t19-/m0/s1. The van der Waals surface area contributed by atoms with Crippen LogP contribution in [0.4, 0.5) is 5.95 Å². The Bertz CT molecular complexity index is 663. The van der Waals surface area contributed by atoms with Gasteiger partial charge in [-0.3, -0.25) is 4.79 Å². The normalized spacial score (nSPS) is 20.8. The van der Waals surface area contributed by atoms with E-state index in [1.165, 1.54) is 5.56 Å². The molecule has 0 spiro atoms. The average molecular weight is 325 g/mol. The number of hydrogen-bond acceptors (Lipinski definition) is 4. The van der Waals surface area contributed by atoms with Gasteiger partial charge in [0, 0.05) is 25.5 Å². The summed E-state index contributed by atoms with van der Waals surface area (Å²) in [6, 6.07) is 12.0. The third-order valence-corrected chi connectivity index (χ3v) is 4.83. The molecule has 2 aromatic rings. The minimum atomic E-state index is -0.702. The lowest BCUT2D eigenvalue weighted by molar-refractivity contribution is -0.150. The number of carbonyl (C=O) groups is 1. The molecule has 1 aliphatic heterocycles. The maximum atomic E-state index is 12.0. The van der Waals surface area contributed by atoms with Gasteiger partial charge < -0.3 is 10.0 Å². The lowest BCUT2D eigenvalue weighted by Gasteiger charge is -2.40. The van der Waals surface area contributed by atoms with E-state index in [2.05, 4.69) is 22.1 Å². The third kappa shape index (κ3) is 3.72. The van der Waals surface area contributed by atoms with Crippen LogP contribution in [0.3, 0.4) is 0 Å². The number of carboxylic acid groups (broad SMARTS) is 1. The summed E-state index contributed by atoms with van der Waals surface area (Å²) >= 11 is 0. The number of benzene rings is 1. The average Bonchev–Trinajstić information content (AvgIpc) is 2.63. The summed E-state index contributed by atoms with van der Waals surface area (Å²) in [5, 5.41) is 9.88. The first-order valence-corrected chi connectivity index (χ1v) is 8.49. The van der Waals surface area contributed by atoms with E-state index in [4.69, 9.17) is 0 Å². The molecule has 0 saturated carbocycles. The van der Waals surface area contributed by atoms with E-state index in [0.717, 1.165) is 32.2 Å². The summed E-state index contributed by atoms with van der Waals surface area (Å²) in [7, 11) is 0. The molecule has 3 rings (SSSR count). The number of rotatable bonds is 6. The highest BCUT2D eigenvalue weighted by Crippen LogP contribution is 2.36. The maximum absolute atomic E-state index is 12.0. The first kappa shape index (κ1) is 16.4. The molecule has 1 aromatic carbocycles. The number of hydrogen-bond donors (Lipinski definition) is 1. The second-order valence-corrected chi connectivity index (χ2v) is 6.50. The first-order chi connectivity index (χ1) is 11.7. The Labute approximate surface area is 142 Å². The quantitative estimate of drug-likeness (QED) is 0.883. The van der Waals surface area contributed by atoms with Gasteiger partial charge in [0.1, 0.15) is 0 Å². The predicted molar refractivity (Wildman–Crippen MR) is 92.9 cm³/mol. The van der Waals surface area contributed by atoms with Crippen molar-refractivity contribution in [2.75, 3.05) is 18.0 Å². The number of piperidine rings is 1. The van der Waals surface area contributed by atoms with Crippen molar-refractivity contribution in [2.24, 2.45) is 5.41 Å². The molecule has 1 N–H and O–H groups in total. The molecule has 2 heterocycles. The molecule has 0 bridgehead atoms. The highest BCUT2D eigenvalue weighted by Gasteiger charge is 2.42. The fourth-order valence-corrected chi connectivity index (χ4v) is 3.52. The van der Waals surface area contributed by atoms with Crippen LogP contribution in [0.1, 0.15) is 31.2 Å². The Kier molecular flexibility index (Phi) is 5.08. The number of aryl methyl sites for hydroxylation is 1. The fourth-order valence-electron chi connectivity index (χ4n) is 3.52. The molecular weight excluding hydrogens is 302 g/mol. The molecule has 126 valence electrons. The minimum absolute atomic E-state index is 0.487. The number of carboxylic acids is 1. The van der Waals surface area contributed by atoms with Gasteiger partial charge in [0.2, 0.25) is 5.95 Å². The highest BCUT2D eigenvalue weighted by molar-refractivity contribution is 5.75. The number of aromatic nitrogens is 2. The molecular formula is C19H23N3O2. The zero-order valence-electron chi connectivity index (χ0n) is 13.8. The van der Waals surface area contributed by atoms with Gasteiger partial charge in [-0.2, -0.15) is 0 Å². The van der Waals surface area contributed by atoms with Gasteiger partial charge >= 0.3 is 5.97 Å². The SMILES string of the molecule is O=C(O)[C@@]1(CCCc2ccccc2)CCCN(c2ncccn2)C1. The van der Waals surface area contributed by atoms with Crippen LogP contribution in [0.15, 0.2) is 48.8 Å². The van der Waals surface area contributed by atoms with Crippen molar-refractivity contribution in [1.29, 1.82) is 0 Å². The maximum Gasteiger partial charge on any atom is 0.311 e. The molecule has 0 unspecified atom stereocenters. The van der Waals surface area contributed by atoms with E-state index in [1.807, 2.05) is 23.1 Å². The van der Waals surface area contributed by atoms with Crippen LogP contribution in [0.25, 0.3) is 0 Å². The van der Waals surface area contributed by atoms with E-state index < -0.39 is 11.4 Å². The summed E-state index contributed by atoms with van der Waals surface area (Å²) in [4.78, 5) is 22.6. The summed E-state index contributed by atoms with van der Waals surface area (Å²) in [5.41, 5.74) is 0.559. The number of nitrogens with zero attached hydrogens (tertiary/aromatic N) is 3. The van der Waals surface area contributed by atoms with Crippen LogP contribution in [-0.4, -0.2) is 34.1 Å². The van der Waals surface area contributed by atoms with Crippen LogP contribution >= 0.6 is 0 Å². The molecule has 1 saturated heterocycles. The third-order valence-electron chi connectivity index (χ3n) is 4.83. The lowest BCUT2D eigenvalue weighted by atomic mass is 9.75. The van der Waals surface area contributed by atoms with E-state index >= 15 is 0 Å². The Balaban J connectivity index is 1.67. The van der Waals surface area contributed by atoms with Gasteiger partial charge in [0.15, 0.2) is 0 Å². The molecule has 0 radical (unpaired) electrons. The van der Waals surface area contributed by atoms with E-state index in [0.29, 0.717) is 18.9 Å². The fraction of sp³-hybridized carbons (Fsp3) is 0.421. The number of anilines is 1. The van der Waals surface area contributed by atoms with Crippen LogP contribution < -0.4 is 4.90 Å². The summed E-state index contributed by atoms with van der Waals surface area (Å²) in [5.74, 6) is -0.0675. The summed E-state index contributed by atoms with van der Waals surface area (Å²) < 4.78 is 0. The molecule has 5 heteroatoms. The first-order valence-electron chi connectivity index (χ1n) is 8.49. The number of aliphatic carboxylic acids is 1. The van der Waals surface area contributed by atoms with Gasteiger partial charge in [0.25, 0.3) is 0 Å². The van der Waals surface area contributed by atoms with Gasteiger partial charge in [-0.25, -0.2) is 9.97 Å². The lowest BCUT2D eigenvalue weighted by Crippen LogP contribution is -2.48. The summed E-state index contributed by atoms with van der Waals surface area (Å²) in [6.07, 6.45) is 7.46. The summed E-state index contributed by atoms with van der Waals surface area (Å²) in [6.45, 7) is 1.30. The molecule has 1 aromatic heterocycles. The largest absolute Gasteiger partial charge is 0.481 e. The van der Waals surface area contributed by atoms with Gasteiger partial charge in [0.05, 0.1) is 5.41 Å². The molecule has 24 heavy (non-hydrogen) atoms. The van der Waals surface area contributed by atoms with Crippen molar-refractivity contribution >= 4 is 11.9 Å². The van der Waals surface area contributed by atoms with Crippen molar-refractivity contribution in [2.45, 2.75) is 32.1 Å². The molecule has 5 nitrogen and oxygen atoms in total. The molecule has 1 atom stereocenters. The van der Waals surface area contributed by atoms with Crippen molar-refractivity contribution in [3.8, 4) is 0 Å². The van der Waals surface area contributed by atoms with E-state index in [9.17, 15) is 9.90 Å². The van der Waals surface area contributed by atoms with Crippen LogP contribution in [0.5, 0.6) is 0 Å². The Morgan fingerprint density at radius 1 is 1.17 bits per heavy atom. The van der Waals surface area contributed by atoms with Gasteiger partial charge in [-0.05, 0) is 43.7 Å². The Morgan fingerprint density at radius 2 is 1.92 bits per heavy atom. The van der Waals surface area contributed by atoms with Crippen molar-refractivity contribution in [1.82, 2.24) is 9.97 Å². The molecule has 0 amide bonds. The van der Waals surface area contributed by atoms with Crippen LogP contribution in [0.2, 0.25) is 0 Å². The second kappa shape index (κ2) is 7.43. The minimum Gasteiger partial charge on any atom is -0.481 e. The molecule has 0 aliphatic carbocycles. The smallest absolute Gasteiger partial charge is 0.311 e. The van der Waals surface area contributed by atoms with E-state index in [-0.39, 0.29) is 0 Å². The zero-order valence-corrected chi connectivity index (χ0v) is 13.8. The second-order valence-electron chi connectivity index (χ2n) is 6.50. The van der Waals surface area contributed by atoms with E-state index in [1.54, 1.807) is 18.5 Å². The topological polar surface area (TPSA) is 66.3 Å². The molecule has 1 fully saturated rings. The van der Waals surface area contributed by atoms with Crippen LogP contribution in [-0.2, 0) is 11.2 Å². The monoisotopic (exact) mass is 325 g/mol. The Hall–Kier alpha value is -2.43. The van der Waals surface area contributed by atoms with Gasteiger partial charge in [-0.15, -0.1) is 0 Å². The molecule has 1 aliphatic rings. The highest BCUT2D eigenvalue weighted by atomic mass is 16.4. The predicted octanol–water partition coefficient (Wildman–Crippen LogP) is 3.17. The van der Waals surface area contributed by atoms with Crippen molar-refractivity contribution in [3.63, 3.8) is 0 Å². The Morgan fingerprint density at radius 3 is 2.62 bits per heavy atom. The van der Waals surface area contributed by atoms with Crippen molar-refractivity contribution in [3.05, 3.63) is 54.4 Å². The van der Waals surface area contributed by atoms with Crippen LogP contribution in [0, 0.1) is 5.41 Å².